The van der Waals surface area contributed by atoms with Crippen LogP contribution in [-0.4, -0.2) is 30.6 Å². The summed E-state index contributed by atoms with van der Waals surface area (Å²) in [5.74, 6) is 6.80. The Morgan fingerprint density at radius 3 is 2.29 bits per heavy atom. The third kappa shape index (κ3) is 3.96. The highest BCUT2D eigenvalue weighted by molar-refractivity contribution is 5.32. The molecule has 1 rings (SSSR count). The van der Waals surface area contributed by atoms with Crippen molar-refractivity contribution in [3.05, 3.63) is 29.8 Å². The van der Waals surface area contributed by atoms with E-state index in [1.54, 1.807) is 0 Å². The molecule has 0 saturated heterocycles. The molecular formula is C17H31N3O. The number of nitrogens with one attached hydrogen (secondary N) is 1. The van der Waals surface area contributed by atoms with Crippen molar-refractivity contribution in [3.8, 4) is 5.75 Å². The first-order valence-electron chi connectivity index (χ1n) is 7.81. The standard InChI is InChI=1S/C17H31N3O/c1-7-17(8-2,20(5)6)16(19-18)14-10-9-11-15(12-14)21-13(3)4/h9-13,16,19H,7-8,18H2,1-6H3. The molecule has 3 N–H and O–H groups in total. The topological polar surface area (TPSA) is 50.5 Å². The number of hydrogen-bond donors (Lipinski definition) is 2. The number of hydrazine groups is 1. The van der Waals surface area contributed by atoms with Crippen molar-refractivity contribution >= 4 is 0 Å². The average Bonchev–Trinajstić information content (AvgIpc) is 2.44. The fourth-order valence-electron chi connectivity index (χ4n) is 3.15. The molecule has 1 aromatic carbocycles. The molecule has 1 aromatic rings. The van der Waals surface area contributed by atoms with Gasteiger partial charge in [-0.05, 0) is 58.5 Å². The largest absolute Gasteiger partial charge is 0.491 e. The highest BCUT2D eigenvalue weighted by Crippen LogP contribution is 2.36. The minimum Gasteiger partial charge on any atom is -0.491 e. The van der Waals surface area contributed by atoms with E-state index in [4.69, 9.17) is 10.6 Å². The second kappa shape index (κ2) is 7.78. The first-order valence-corrected chi connectivity index (χ1v) is 7.81. The Balaban J connectivity index is 3.19. The highest BCUT2D eigenvalue weighted by atomic mass is 16.5. The Hall–Kier alpha value is -1.10. The van der Waals surface area contributed by atoms with Gasteiger partial charge in [0.05, 0.1) is 12.1 Å². The lowest BCUT2D eigenvalue weighted by atomic mass is 9.80. The third-order valence-electron chi connectivity index (χ3n) is 4.38. The van der Waals surface area contributed by atoms with Gasteiger partial charge >= 0.3 is 0 Å². The van der Waals surface area contributed by atoms with E-state index in [0.29, 0.717) is 0 Å². The Bertz CT molecular complexity index is 428. The van der Waals surface area contributed by atoms with Gasteiger partial charge in [-0.2, -0.15) is 0 Å². The van der Waals surface area contributed by atoms with Crippen LogP contribution in [0, 0.1) is 0 Å². The van der Waals surface area contributed by atoms with E-state index in [2.05, 4.69) is 50.4 Å². The highest BCUT2D eigenvalue weighted by Gasteiger charge is 2.38. The molecule has 4 nitrogen and oxygen atoms in total. The fraction of sp³-hybridized carbons (Fsp3) is 0.647. The quantitative estimate of drug-likeness (QED) is 0.571. The molecule has 4 heteroatoms. The van der Waals surface area contributed by atoms with E-state index >= 15 is 0 Å². The fourth-order valence-corrected chi connectivity index (χ4v) is 3.15. The first kappa shape index (κ1) is 18.0. The monoisotopic (exact) mass is 293 g/mol. The van der Waals surface area contributed by atoms with Crippen LogP contribution in [0.2, 0.25) is 0 Å². The number of nitrogens with zero attached hydrogens (tertiary/aromatic N) is 1. The summed E-state index contributed by atoms with van der Waals surface area (Å²) >= 11 is 0. The molecule has 0 aliphatic rings. The third-order valence-corrected chi connectivity index (χ3v) is 4.38. The molecule has 0 aliphatic carbocycles. The molecule has 120 valence electrons. The number of likely N-dealkylation sites (N-methyl/N-ethyl adjacent to an activating group) is 1. The van der Waals surface area contributed by atoms with Crippen LogP contribution in [0.1, 0.15) is 52.1 Å². The Morgan fingerprint density at radius 1 is 1.24 bits per heavy atom. The first-order chi connectivity index (χ1) is 9.91. The number of rotatable bonds is 8. The molecule has 0 saturated carbocycles. The summed E-state index contributed by atoms with van der Waals surface area (Å²) in [5.41, 5.74) is 4.16. The second-order valence-corrected chi connectivity index (χ2v) is 6.04. The maximum Gasteiger partial charge on any atom is 0.120 e. The molecule has 0 aliphatic heterocycles. The smallest absolute Gasteiger partial charge is 0.120 e. The lowest BCUT2D eigenvalue weighted by molar-refractivity contribution is 0.0880. The molecule has 0 amide bonds. The summed E-state index contributed by atoms with van der Waals surface area (Å²) < 4.78 is 5.81. The van der Waals surface area contributed by atoms with Gasteiger partial charge in [-0.3, -0.25) is 11.3 Å². The zero-order valence-electron chi connectivity index (χ0n) is 14.3. The Kier molecular flexibility index (Phi) is 6.65. The molecule has 0 bridgehead atoms. The van der Waals surface area contributed by atoms with Gasteiger partial charge in [-0.15, -0.1) is 0 Å². The predicted octanol–water partition coefficient (Wildman–Crippen LogP) is 3.10. The minimum atomic E-state index is -0.0226. The molecule has 0 radical (unpaired) electrons. The maximum absolute atomic E-state index is 5.91. The van der Waals surface area contributed by atoms with Crippen LogP contribution >= 0.6 is 0 Å². The summed E-state index contributed by atoms with van der Waals surface area (Å²) in [5, 5.41) is 0. The van der Waals surface area contributed by atoms with Crippen LogP contribution in [0.3, 0.4) is 0 Å². The van der Waals surface area contributed by atoms with Crippen LogP contribution in [0.25, 0.3) is 0 Å². The summed E-state index contributed by atoms with van der Waals surface area (Å²) in [7, 11) is 4.23. The average molecular weight is 293 g/mol. The van der Waals surface area contributed by atoms with Gasteiger partial charge in [0, 0.05) is 5.54 Å². The van der Waals surface area contributed by atoms with Crippen molar-refractivity contribution in [1.29, 1.82) is 0 Å². The van der Waals surface area contributed by atoms with E-state index in [1.807, 2.05) is 26.0 Å². The van der Waals surface area contributed by atoms with Gasteiger partial charge in [-0.25, -0.2) is 0 Å². The number of benzene rings is 1. The van der Waals surface area contributed by atoms with E-state index in [9.17, 15) is 0 Å². The van der Waals surface area contributed by atoms with Crippen LogP contribution in [-0.2, 0) is 0 Å². The van der Waals surface area contributed by atoms with Crippen LogP contribution in [0.15, 0.2) is 24.3 Å². The van der Waals surface area contributed by atoms with E-state index in [0.717, 1.165) is 24.2 Å². The number of hydrogen-bond acceptors (Lipinski definition) is 4. The molecular weight excluding hydrogens is 262 g/mol. The van der Waals surface area contributed by atoms with E-state index in [1.165, 1.54) is 0 Å². The molecule has 0 aromatic heterocycles. The van der Waals surface area contributed by atoms with Gasteiger partial charge in [-0.1, -0.05) is 26.0 Å². The number of nitrogens with two attached hydrogens (primary N) is 1. The zero-order valence-corrected chi connectivity index (χ0v) is 14.3. The lowest BCUT2D eigenvalue weighted by Crippen LogP contribution is -2.54. The summed E-state index contributed by atoms with van der Waals surface area (Å²) in [6, 6.07) is 8.28. The Labute approximate surface area is 129 Å². The SMILES string of the molecule is CCC(CC)(C(NN)c1cccc(OC(C)C)c1)N(C)C. The maximum atomic E-state index is 5.91. The van der Waals surface area contributed by atoms with Crippen molar-refractivity contribution in [2.75, 3.05) is 14.1 Å². The van der Waals surface area contributed by atoms with Crippen LogP contribution in [0.5, 0.6) is 5.75 Å². The van der Waals surface area contributed by atoms with Crippen molar-refractivity contribution in [1.82, 2.24) is 10.3 Å². The normalized spacial score (nSPS) is 13.8. The second-order valence-electron chi connectivity index (χ2n) is 6.04. The van der Waals surface area contributed by atoms with Gasteiger partial charge in [0.25, 0.3) is 0 Å². The van der Waals surface area contributed by atoms with E-state index < -0.39 is 0 Å². The lowest BCUT2D eigenvalue weighted by Gasteiger charge is -2.45. The van der Waals surface area contributed by atoms with Gasteiger partial charge in [0.15, 0.2) is 0 Å². The van der Waals surface area contributed by atoms with Crippen LogP contribution < -0.4 is 16.0 Å². The molecule has 0 spiro atoms. The van der Waals surface area contributed by atoms with Crippen molar-refractivity contribution in [2.24, 2.45) is 5.84 Å². The predicted molar refractivity (Wildman–Crippen MR) is 89.3 cm³/mol. The zero-order chi connectivity index (χ0) is 16.0. The molecule has 1 atom stereocenters. The van der Waals surface area contributed by atoms with Gasteiger partial charge in [0.1, 0.15) is 5.75 Å². The van der Waals surface area contributed by atoms with E-state index in [-0.39, 0.29) is 17.7 Å². The molecule has 0 fully saturated rings. The van der Waals surface area contributed by atoms with Crippen molar-refractivity contribution < 1.29 is 4.74 Å². The van der Waals surface area contributed by atoms with Gasteiger partial charge < -0.3 is 9.64 Å². The van der Waals surface area contributed by atoms with Crippen LogP contribution in [0.4, 0.5) is 0 Å². The Morgan fingerprint density at radius 2 is 1.86 bits per heavy atom. The van der Waals surface area contributed by atoms with Gasteiger partial charge in [0.2, 0.25) is 0 Å². The molecule has 1 unspecified atom stereocenters. The number of ether oxygens (including phenoxy) is 1. The summed E-state index contributed by atoms with van der Waals surface area (Å²) in [6.45, 7) is 8.49. The van der Waals surface area contributed by atoms with Crippen molar-refractivity contribution in [3.63, 3.8) is 0 Å². The molecule has 21 heavy (non-hydrogen) atoms. The minimum absolute atomic E-state index is 0.0226. The van der Waals surface area contributed by atoms with Crippen molar-refractivity contribution in [2.45, 2.75) is 58.2 Å². The summed E-state index contributed by atoms with van der Waals surface area (Å²) in [6.07, 6.45) is 2.20. The molecule has 0 heterocycles. The summed E-state index contributed by atoms with van der Waals surface area (Å²) in [4.78, 5) is 2.27.